The number of rotatable bonds is 3. The van der Waals surface area contributed by atoms with Crippen LogP contribution in [0.5, 0.6) is 0 Å². The number of hydrogen-bond acceptors (Lipinski definition) is 5. The molecule has 1 rings (SSSR count). The number of nitrogens with one attached hydrogen (secondary N) is 1. The van der Waals surface area contributed by atoms with E-state index < -0.39 is 23.6 Å². The molecule has 0 radical (unpaired) electrons. The number of carbonyl (C=O) groups is 3. The van der Waals surface area contributed by atoms with Gasteiger partial charge >= 0.3 is 0 Å². The molecule has 1 aliphatic rings. The van der Waals surface area contributed by atoms with Crippen LogP contribution in [0.1, 0.15) is 6.42 Å². The Balaban J connectivity index is 2.77. The second-order valence-electron chi connectivity index (χ2n) is 3.12. The minimum Gasteiger partial charge on any atom is -0.368 e. The minimum atomic E-state index is -1.14. The quantitative estimate of drug-likeness (QED) is 0.448. The van der Waals surface area contributed by atoms with Crippen molar-refractivity contribution in [2.75, 3.05) is 6.54 Å². The van der Waals surface area contributed by atoms with Crippen LogP contribution in [0.3, 0.4) is 0 Å². The van der Waals surface area contributed by atoms with Gasteiger partial charge in [-0.3, -0.25) is 19.3 Å². The van der Waals surface area contributed by atoms with Crippen molar-refractivity contribution in [3.8, 4) is 6.07 Å². The van der Waals surface area contributed by atoms with E-state index in [9.17, 15) is 14.4 Å². The standard InChI is InChI=1S/C8H8N4O3S/c9-2-4(7(10)15)3-12-6(14)1-5(13)11-8(12)16/h4H,1,3H2,(H2,10,15)(H,11,13,16)/t4-/m0/s1. The van der Waals surface area contributed by atoms with E-state index in [1.165, 1.54) is 0 Å². The van der Waals surface area contributed by atoms with Crippen LogP contribution in [0, 0.1) is 17.2 Å². The molecule has 8 heteroatoms. The van der Waals surface area contributed by atoms with Crippen LogP contribution in [-0.2, 0) is 14.4 Å². The van der Waals surface area contributed by atoms with E-state index in [4.69, 9.17) is 23.2 Å². The van der Waals surface area contributed by atoms with E-state index in [0.29, 0.717) is 0 Å². The van der Waals surface area contributed by atoms with Crippen molar-refractivity contribution in [1.29, 1.82) is 5.26 Å². The third-order valence-electron chi connectivity index (χ3n) is 1.97. The first kappa shape index (κ1) is 12.1. The summed E-state index contributed by atoms with van der Waals surface area (Å²) in [6.07, 6.45) is -0.350. The largest absolute Gasteiger partial charge is 0.368 e. The highest BCUT2D eigenvalue weighted by Crippen LogP contribution is 2.07. The Morgan fingerprint density at radius 2 is 2.31 bits per heavy atom. The van der Waals surface area contributed by atoms with Gasteiger partial charge in [0, 0.05) is 0 Å². The van der Waals surface area contributed by atoms with Gasteiger partial charge in [0.2, 0.25) is 17.7 Å². The summed E-state index contributed by atoms with van der Waals surface area (Å²) >= 11 is 4.75. The highest BCUT2D eigenvalue weighted by molar-refractivity contribution is 7.80. The Morgan fingerprint density at radius 3 is 2.75 bits per heavy atom. The van der Waals surface area contributed by atoms with Gasteiger partial charge in [-0.25, -0.2) is 0 Å². The van der Waals surface area contributed by atoms with Gasteiger partial charge in [0.15, 0.2) is 5.11 Å². The fourth-order valence-corrected chi connectivity index (χ4v) is 1.43. The molecule has 1 aliphatic heterocycles. The van der Waals surface area contributed by atoms with Crippen molar-refractivity contribution in [2.24, 2.45) is 11.7 Å². The number of amides is 3. The van der Waals surface area contributed by atoms with Crippen molar-refractivity contribution < 1.29 is 14.4 Å². The fourth-order valence-electron chi connectivity index (χ4n) is 1.14. The van der Waals surface area contributed by atoms with Crippen molar-refractivity contribution in [3.63, 3.8) is 0 Å². The zero-order valence-electron chi connectivity index (χ0n) is 8.10. The molecule has 0 aliphatic carbocycles. The first-order chi connectivity index (χ1) is 7.45. The summed E-state index contributed by atoms with van der Waals surface area (Å²) in [7, 11) is 0. The Hall–Kier alpha value is -2.01. The molecule has 0 aromatic carbocycles. The molecule has 1 atom stereocenters. The molecular formula is C8H8N4O3S. The summed E-state index contributed by atoms with van der Waals surface area (Å²) in [6.45, 7) is -0.232. The van der Waals surface area contributed by atoms with Crippen molar-refractivity contribution in [1.82, 2.24) is 10.2 Å². The van der Waals surface area contributed by atoms with E-state index >= 15 is 0 Å². The summed E-state index contributed by atoms with van der Waals surface area (Å²) in [5.74, 6) is -3.03. The predicted molar refractivity (Wildman–Crippen MR) is 55.4 cm³/mol. The van der Waals surface area contributed by atoms with Crippen LogP contribution in [0.15, 0.2) is 0 Å². The Morgan fingerprint density at radius 1 is 1.69 bits per heavy atom. The second-order valence-corrected chi connectivity index (χ2v) is 3.51. The molecule has 0 bridgehead atoms. The van der Waals surface area contributed by atoms with Crippen LogP contribution in [0.4, 0.5) is 0 Å². The third-order valence-corrected chi connectivity index (χ3v) is 2.29. The lowest BCUT2D eigenvalue weighted by atomic mass is 10.1. The Bertz CT molecular complexity index is 394. The van der Waals surface area contributed by atoms with Crippen LogP contribution in [0.25, 0.3) is 0 Å². The maximum Gasteiger partial charge on any atom is 0.238 e. The zero-order chi connectivity index (χ0) is 12.3. The smallest absolute Gasteiger partial charge is 0.238 e. The summed E-state index contributed by atoms with van der Waals surface area (Å²) < 4.78 is 0. The number of nitriles is 1. The molecule has 0 unspecified atom stereocenters. The molecule has 0 aromatic heterocycles. The topological polar surface area (TPSA) is 116 Å². The first-order valence-corrected chi connectivity index (χ1v) is 4.69. The van der Waals surface area contributed by atoms with Gasteiger partial charge in [-0.1, -0.05) is 0 Å². The van der Waals surface area contributed by atoms with Gasteiger partial charge in [0.25, 0.3) is 0 Å². The monoisotopic (exact) mass is 240 g/mol. The molecular weight excluding hydrogens is 232 g/mol. The molecule has 84 valence electrons. The van der Waals surface area contributed by atoms with Crippen LogP contribution >= 0.6 is 12.2 Å². The Labute approximate surface area is 96.2 Å². The maximum atomic E-state index is 11.4. The Kier molecular flexibility index (Phi) is 3.52. The third kappa shape index (κ3) is 2.52. The molecule has 7 nitrogen and oxygen atoms in total. The van der Waals surface area contributed by atoms with Gasteiger partial charge in [-0.15, -0.1) is 0 Å². The van der Waals surface area contributed by atoms with Crippen LogP contribution in [-0.4, -0.2) is 34.3 Å². The molecule has 0 spiro atoms. The van der Waals surface area contributed by atoms with Crippen LogP contribution < -0.4 is 11.1 Å². The number of primary amides is 1. The number of nitrogens with zero attached hydrogens (tertiary/aromatic N) is 2. The zero-order valence-corrected chi connectivity index (χ0v) is 8.91. The van der Waals surface area contributed by atoms with Crippen molar-refractivity contribution in [2.45, 2.75) is 6.42 Å². The summed E-state index contributed by atoms with van der Waals surface area (Å²) in [4.78, 5) is 34.1. The van der Waals surface area contributed by atoms with Gasteiger partial charge in [-0.2, -0.15) is 5.26 Å². The highest BCUT2D eigenvalue weighted by atomic mass is 32.1. The average molecular weight is 240 g/mol. The lowest BCUT2D eigenvalue weighted by Crippen LogP contribution is -2.54. The maximum absolute atomic E-state index is 11.4. The van der Waals surface area contributed by atoms with Gasteiger partial charge in [0.1, 0.15) is 12.3 Å². The predicted octanol–water partition coefficient (Wildman–Crippen LogP) is -1.76. The van der Waals surface area contributed by atoms with Crippen molar-refractivity contribution in [3.05, 3.63) is 0 Å². The van der Waals surface area contributed by atoms with Crippen LogP contribution in [0.2, 0.25) is 0 Å². The highest BCUT2D eigenvalue weighted by Gasteiger charge is 2.31. The lowest BCUT2D eigenvalue weighted by Gasteiger charge is -2.28. The van der Waals surface area contributed by atoms with Gasteiger partial charge in [-0.05, 0) is 12.2 Å². The molecule has 3 N–H and O–H groups in total. The molecule has 0 aromatic rings. The molecule has 0 saturated carbocycles. The average Bonchev–Trinajstić information content (AvgIpc) is 2.15. The number of hydrogen-bond donors (Lipinski definition) is 2. The number of carbonyl (C=O) groups excluding carboxylic acids is 3. The number of nitrogens with two attached hydrogens (primary N) is 1. The molecule has 1 fully saturated rings. The van der Waals surface area contributed by atoms with E-state index in [2.05, 4.69) is 5.32 Å². The fraction of sp³-hybridized carbons (Fsp3) is 0.375. The van der Waals surface area contributed by atoms with E-state index in [0.717, 1.165) is 4.90 Å². The van der Waals surface area contributed by atoms with E-state index in [1.807, 2.05) is 0 Å². The molecule has 1 heterocycles. The molecule has 16 heavy (non-hydrogen) atoms. The lowest BCUT2D eigenvalue weighted by molar-refractivity contribution is -0.135. The number of thiocarbonyl (C=S) groups is 1. The molecule has 3 amide bonds. The van der Waals surface area contributed by atoms with E-state index in [-0.39, 0.29) is 18.1 Å². The van der Waals surface area contributed by atoms with Gasteiger partial charge < -0.3 is 11.1 Å². The molecule has 1 saturated heterocycles. The SMILES string of the molecule is N#C[C@@H](CN1C(=O)CC(=O)NC1=S)C(N)=O. The first-order valence-electron chi connectivity index (χ1n) is 4.28. The summed E-state index contributed by atoms with van der Waals surface area (Å²) in [5.41, 5.74) is 4.95. The normalized spacial score (nSPS) is 17.7. The summed E-state index contributed by atoms with van der Waals surface area (Å²) in [5, 5.41) is 10.8. The van der Waals surface area contributed by atoms with Gasteiger partial charge in [0.05, 0.1) is 12.6 Å². The summed E-state index contributed by atoms with van der Waals surface area (Å²) in [6, 6.07) is 1.66. The van der Waals surface area contributed by atoms with Crippen molar-refractivity contribution >= 4 is 35.1 Å². The van der Waals surface area contributed by atoms with E-state index in [1.54, 1.807) is 6.07 Å². The minimum absolute atomic E-state index is 0.109. The second kappa shape index (κ2) is 4.67.